The lowest BCUT2D eigenvalue weighted by atomic mass is 9.61. The van der Waals surface area contributed by atoms with Crippen LogP contribution in [0.5, 0.6) is 0 Å². The van der Waals surface area contributed by atoms with Crippen molar-refractivity contribution in [2.75, 3.05) is 6.61 Å². The first-order valence-electron chi connectivity index (χ1n) is 12.8. The van der Waals surface area contributed by atoms with Crippen molar-refractivity contribution < 1.29 is 9.53 Å². The van der Waals surface area contributed by atoms with Crippen molar-refractivity contribution in [3.05, 3.63) is 35.5 Å². The molecule has 0 radical (unpaired) electrons. The topological polar surface area (TPSA) is 29.5 Å². The second kappa shape index (κ2) is 9.31. The predicted octanol–water partition coefficient (Wildman–Crippen LogP) is 7.81. The number of aliphatic hydroxyl groups is 1. The summed E-state index contributed by atoms with van der Waals surface area (Å²) in [6.07, 6.45) is 14.8. The Balaban J connectivity index is 1.75. The van der Waals surface area contributed by atoms with Crippen molar-refractivity contribution in [1.29, 1.82) is 0 Å². The number of hydrogen-bond acceptors (Lipinski definition) is 2. The Hall–Kier alpha value is -0.643. The van der Waals surface area contributed by atoms with Crippen LogP contribution in [-0.2, 0) is 4.43 Å². The van der Waals surface area contributed by atoms with Crippen molar-refractivity contribution in [2.24, 2.45) is 23.2 Å². The minimum absolute atomic E-state index is 0.255. The van der Waals surface area contributed by atoms with E-state index in [1.165, 1.54) is 43.3 Å². The van der Waals surface area contributed by atoms with Gasteiger partial charge in [0.2, 0.25) is 0 Å². The minimum Gasteiger partial charge on any atom is -0.414 e. The Morgan fingerprint density at radius 2 is 1.90 bits per heavy atom. The van der Waals surface area contributed by atoms with E-state index in [4.69, 9.17) is 4.43 Å². The van der Waals surface area contributed by atoms with Gasteiger partial charge in [-0.25, -0.2) is 0 Å². The van der Waals surface area contributed by atoms with Gasteiger partial charge in [0.15, 0.2) is 8.32 Å². The average molecular weight is 445 g/mol. The van der Waals surface area contributed by atoms with Crippen molar-refractivity contribution in [3.63, 3.8) is 0 Å². The van der Waals surface area contributed by atoms with E-state index in [-0.39, 0.29) is 5.04 Å². The van der Waals surface area contributed by atoms with Gasteiger partial charge in [0.05, 0.1) is 0 Å². The van der Waals surface area contributed by atoms with Gasteiger partial charge in [-0.3, -0.25) is 0 Å². The van der Waals surface area contributed by atoms with Gasteiger partial charge in [0.1, 0.15) is 0 Å². The van der Waals surface area contributed by atoms with E-state index in [1.807, 2.05) is 0 Å². The molecule has 0 aliphatic heterocycles. The van der Waals surface area contributed by atoms with Crippen LogP contribution in [0.1, 0.15) is 86.0 Å². The fourth-order valence-corrected chi connectivity index (χ4v) is 7.80. The summed E-state index contributed by atoms with van der Waals surface area (Å²) in [5, 5.41) is 10.0. The fraction of sp³-hybridized carbons (Fsp3) is 0.786. The highest BCUT2D eigenvalue weighted by Crippen LogP contribution is 2.59. The smallest absolute Gasteiger partial charge is 0.192 e. The molecular weight excluding hydrogens is 396 g/mol. The number of allylic oxidation sites excluding steroid dienone is 4. The van der Waals surface area contributed by atoms with Crippen molar-refractivity contribution >= 4 is 8.32 Å². The summed E-state index contributed by atoms with van der Waals surface area (Å²) in [7, 11) is -1.74. The largest absolute Gasteiger partial charge is 0.414 e. The molecule has 2 nitrogen and oxygen atoms in total. The first-order chi connectivity index (χ1) is 14.4. The second-order valence-electron chi connectivity index (χ2n) is 12.5. The highest BCUT2D eigenvalue weighted by molar-refractivity contribution is 6.74. The summed E-state index contributed by atoms with van der Waals surface area (Å²) in [5.74, 6) is 1.76. The lowest BCUT2D eigenvalue weighted by molar-refractivity contribution is 0.0690. The molecule has 3 heteroatoms. The second-order valence-corrected chi connectivity index (χ2v) is 17.3. The highest BCUT2D eigenvalue weighted by Gasteiger charge is 2.50. The molecule has 0 bridgehead atoms. The molecule has 3 aliphatic carbocycles. The number of hydrogen-bond donors (Lipinski definition) is 1. The molecule has 3 aliphatic rings. The van der Waals surface area contributed by atoms with Gasteiger partial charge in [-0.15, -0.1) is 0 Å². The van der Waals surface area contributed by atoms with Crippen LogP contribution < -0.4 is 0 Å². The Morgan fingerprint density at radius 3 is 2.55 bits per heavy atom. The van der Waals surface area contributed by atoms with Gasteiger partial charge in [-0.1, -0.05) is 64.5 Å². The number of rotatable bonds is 5. The molecule has 0 heterocycles. The summed E-state index contributed by atoms with van der Waals surface area (Å²) >= 11 is 0. The minimum atomic E-state index is -1.74. The first kappa shape index (κ1) is 25.0. The van der Waals surface area contributed by atoms with Gasteiger partial charge < -0.3 is 9.53 Å². The summed E-state index contributed by atoms with van der Waals surface area (Å²) in [6.45, 7) is 21.2. The van der Waals surface area contributed by atoms with Crippen LogP contribution in [0.3, 0.4) is 0 Å². The highest BCUT2D eigenvalue weighted by atomic mass is 28.4. The molecule has 0 saturated heterocycles. The third kappa shape index (κ3) is 5.14. The van der Waals surface area contributed by atoms with Gasteiger partial charge >= 0.3 is 0 Å². The van der Waals surface area contributed by atoms with Crippen LogP contribution in [0.2, 0.25) is 18.1 Å². The number of aliphatic hydroxyl groups excluding tert-OH is 1. The molecule has 0 aromatic rings. The van der Waals surface area contributed by atoms with E-state index < -0.39 is 8.32 Å². The average Bonchev–Trinajstić information content (AvgIpc) is 3.04. The van der Waals surface area contributed by atoms with E-state index in [2.05, 4.69) is 66.4 Å². The van der Waals surface area contributed by atoms with E-state index >= 15 is 0 Å². The van der Waals surface area contributed by atoms with Crippen LogP contribution in [0.4, 0.5) is 0 Å². The summed E-state index contributed by atoms with van der Waals surface area (Å²) in [5.41, 5.74) is 4.73. The van der Waals surface area contributed by atoms with Crippen molar-refractivity contribution in [2.45, 2.75) is 110 Å². The zero-order valence-electron chi connectivity index (χ0n) is 21.4. The molecule has 1 N–H and O–H groups in total. The SMILES string of the molecule is C=C1CC[C@H](O[Si](C)(C)C(C)(C)C)C/C1=C\C=C1/CCC[C@@]2(C)C1CC[C@@H]2[C@H](C)CO. The maximum atomic E-state index is 9.78. The molecular formula is C28H48O2Si. The maximum Gasteiger partial charge on any atom is 0.192 e. The Bertz CT molecular complexity index is 726. The standard InChI is InChI=1S/C28H48O2Si/c1-20-11-14-24(30-31(7,8)27(3,4)5)18-23(20)13-12-22-10-9-17-28(6)25(21(2)19-29)15-16-26(22)28/h12-13,21,24-26,29H,1,9-11,14-19H2,2-8H3/b22-12+,23-13+/t21-,24+,25-,26?,28-/m1/s1. The Labute approximate surface area is 193 Å². The molecule has 3 fully saturated rings. The number of fused-ring (bicyclic) bond motifs is 1. The summed E-state index contributed by atoms with van der Waals surface area (Å²) in [4.78, 5) is 0. The van der Waals surface area contributed by atoms with Crippen LogP contribution in [0.15, 0.2) is 35.5 Å². The molecule has 3 saturated carbocycles. The maximum absolute atomic E-state index is 9.78. The zero-order valence-corrected chi connectivity index (χ0v) is 22.4. The molecule has 176 valence electrons. The van der Waals surface area contributed by atoms with E-state index in [1.54, 1.807) is 5.57 Å². The summed E-state index contributed by atoms with van der Waals surface area (Å²) < 4.78 is 6.76. The molecule has 31 heavy (non-hydrogen) atoms. The Morgan fingerprint density at radius 1 is 1.19 bits per heavy atom. The molecule has 5 atom stereocenters. The normalized spacial score (nSPS) is 36.1. The van der Waals surface area contributed by atoms with E-state index in [9.17, 15) is 5.11 Å². The molecule has 3 rings (SSSR count). The zero-order chi connectivity index (χ0) is 23.0. The van der Waals surface area contributed by atoms with Crippen LogP contribution >= 0.6 is 0 Å². The molecule has 0 aromatic heterocycles. The van der Waals surface area contributed by atoms with E-state index in [0.717, 1.165) is 19.3 Å². The third-order valence-corrected chi connectivity index (χ3v) is 14.0. The first-order valence-corrected chi connectivity index (χ1v) is 15.7. The lowest BCUT2D eigenvalue weighted by Crippen LogP contribution is -2.44. The monoisotopic (exact) mass is 444 g/mol. The quantitative estimate of drug-likeness (QED) is 0.438. The molecule has 0 amide bonds. The predicted molar refractivity (Wildman–Crippen MR) is 136 cm³/mol. The van der Waals surface area contributed by atoms with Crippen molar-refractivity contribution in [1.82, 2.24) is 0 Å². The van der Waals surface area contributed by atoms with Crippen molar-refractivity contribution in [3.8, 4) is 0 Å². The van der Waals surface area contributed by atoms with E-state index in [0.29, 0.717) is 35.9 Å². The van der Waals surface area contributed by atoms with Gasteiger partial charge in [-0.05, 0) is 98.2 Å². The van der Waals surface area contributed by atoms with Crippen LogP contribution in [0, 0.1) is 23.2 Å². The fourth-order valence-electron chi connectivity index (χ4n) is 6.42. The third-order valence-electron chi connectivity index (χ3n) is 9.45. The van der Waals surface area contributed by atoms with Crippen LogP contribution in [0.25, 0.3) is 0 Å². The van der Waals surface area contributed by atoms with Gasteiger partial charge in [0, 0.05) is 12.7 Å². The molecule has 0 spiro atoms. The Kier molecular flexibility index (Phi) is 7.50. The lowest BCUT2D eigenvalue weighted by Gasteiger charge is -2.44. The van der Waals surface area contributed by atoms with Gasteiger partial charge in [-0.2, -0.15) is 0 Å². The molecule has 1 unspecified atom stereocenters. The summed E-state index contributed by atoms with van der Waals surface area (Å²) in [6, 6.07) is 0. The van der Waals surface area contributed by atoms with Gasteiger partial charge in [0.25, 0.3) is 0 Å². The van der Waals surface area contributed by atoms with Crippen LogP contribution in [-0.4, -0.2) is 26.1 Å². The molecule has 0 aromatic carbocycles.